The molecule has 1 aliphatic heterocycles. The minimum absolute atomic E-state index is 0.285. The molecule has 0 aromatic heterocycles. The van der Waals surface area contributed by atoms with Gasteiger partial charge in [-0.1, -0.05) is 19.1 Å². The van der Waals surface area contributed by atoms with E-state index in [4.69, 9.17) is 4.74 Å². The summed E-state index contributed by atoms with van der Waals surface area (Å²) < 4.78 is 5.13. The molecule has 0 radical (unpaired) electrons. The summed E-state index contributed by atoms with van der Waals surface area (Å²) in [6.07, 6.45) is 2.58. The summed E-state index contributed by atoms with van der Waals surface area (Å²) in [5.74, 6) is 1.61. The number of rotatable bonds is 3. The van der Waals surface area contributed by atoms with Gasteiger partial charge in [0.05, 0.1) is 7.11 Å². The molecule has 1 unspecified atom stereocenters. The van der Waals surface area contributed by atoms with Crippen LogP contribution < -0.4 is 4.74 Å². The monoisotopic (exact) mass is 235 g/mol. The maximum absolute atomic E-state index is 10.0. The van der Waals surface area contributed by atoms with E-state index >= 15 is 0 Å². The molecule has 0 aliphatic carbocycles. The molecule has 2 rings (SSSR count). The van der Waals surface area contributed by atoms with Gasteiger partial charge in [-0.15, -0.1) is 0 Å². The van der Waals surface area contributed by atoms with Crippen molar-refractivity contribution in [3.05, 3.63) is 23.8 Å². The summed E-state index contributed by atoms with van der Waals surface area (Å²) in [7, 11) is 1.59. The second kappa shape index (κ2) is 5.41. The zero-order valence-corrected chi connectivity index (χ0v) is 10.6. The fraction of sp³-hybridized carbons (Fsp3) is 0.571. The molecule has 0 saturated carbocycles. The third-order valence-corrected chi connectivity index (χ3v) is 3.44. The highest BCUT2D eigenvalue weighted by Gasteiger charge is 2.18. The van der Waals surface area contributed by atoms with E-state index in [9.17, 15) is 5.11 Å². The van der Waals surface area contributed by atoms with E-state index in [1.165, 1.54) is 12.8 Å². The van der Waals surface area contributed by atoms with Crippen molar-refractivity contribution in [3.8, 4) is 11.5 Å². The van der Waals surface area contributed by atoms with E-state index in [0.29, 0.717) is 5.75 Å². The summed E-state index contributed by atoms with van der Waals surface area (Å²) in [6, 6.07) is 5.69. The fourth-order valence-electron chi connectivity index (χ4n) is 2.53. The Balaban J connectivity index is 2.07. The van der Waals surface area contributed by atoms with Gasteiger partial charge in [0, 0.05) is 18.7 Å². The molecular formula is C14H21NO2. The highest BCUT2D eigenvalue weighted by Crippen LogP contribution is 2.31. The lowest BCUT2D eigenvalue weighted by atomic mass is 9.99. The minimum Gasteiger partial charge on any atom is -0.504 e. The molecule has 1 atom stereocenters. The summed E-state index contributed by atoms with van der Waals surface area (Å²) in [5, 5.41) is 10.0. The Labute approximate surface area is 103 Å². The average Bonchev–Trinajstić information content (AvgIpc) is 2.32. The summed E-state index contributed by atoms with van der Waals surface area (Å²) in [6.45, 7) is 5.35. The topological polar surface area (TPSA) is 32.7 Å². The number of hydrogen-bond donors (Lipinski definition) is 1. The van der Waals surface area contributed by atoms with E-state index in [-0.39, 0.29) is 5.75 Å². The van der Waals surface area contributed by atoms with Crippen LogP contribution in [0.5, 0.6) is 11.5 Å². The highest BCUT2D eigenvalue weighted by molar-refractivity contribution is 5.45. The van der Waals surface area contributed by atoms with Crippen molar-refractivity contribution in [1.29, 1.82) is 0 Å². The summed E-state index contributed by atoms with van der Waals surface area (Å²) >= 11 is 0. The molecule has 17 heavy (non-hydrogen) atoms. The molecule has 0 spiro atoms. The second-order valence-electron chi connectivity index (χ2n) is 4.95. The van der Waals surface area contributed by atoms with Gasteiger partial charge >= 0.3 is 0 Å². The summed E-state index contributed by atoms with van der Waals surface area (Å²) in [4.78, 5) is 2.41. The lowest BCUT2D eigenvalue weighted by molar-refractivity contribution is 0.175. The lowest BCUT2D eigenvalue weighted by Crippen LogP contribution is -2.33. The Morgan fingerprint density at radius 2 is 2.29 bits per heavy atom. The molecule has 0 amide bonds. The number of para-hydroxylation sites is 1. The van der Waals surface area contributed by atoms with Crippen LogP contribution in [0.1, 0.15) is 25.3 Å². The fourth-order valence-corrected chi connectivity index (χ4v) is 2.53. The van der Waals surface area contributed by atoms with Gasteiger partial charge < -0.3 is 9.84 Å². The van der Waals surface area contributed by atoms with Crippen molar-refractivity contribution in [2.45, 2.75) is 26.3 Å². The Morgan fingerprint density at radius 3 is 3.00 bits per heavy atom. The standard InChI is InChI=1S/C14H21NO2/c1-11-5-4-8-15(9-11)10-12-6-3-7-13(17-2)14(12)16/h3,6-7,11,16H,4-5,8-10H2,1-2H3. The average molecular weight is 235 g/mol. The number of methoxy groups -OCH3 is 1. The Bertz CT molecular complexity index is 378. The Kier molecular flexibility index (Phi) is 3.89. The van der Waals surface area contributed by atoms with Gasteiger partial charge in [-0.05, 0) is 31.4 Å². The highest BCUT2D eigenvalue weighted by atomic mass is 16.5. The number of ether oxygens (including phenoxy) is 1. The zero-order chi connectivity index (χ0) is 12.3. The number of likely N-dealkylation sites (tertiary alicyclic amines) is 1. The van der Waals surface area contributed by atoms with Gasteiger partial charge in [-0.25, -0.2) is 0 Å². The summed E-state index contributed by atoms with van der Waals surface area (Å²) in [5.41, 5.74) is 0.957. The third-order valence-electron chi connectivity index (χ3n) is 3.44. The molecule has 3 heteroatoms. The first-order chi connectivity index (χ1) is 8.20. The van der Waals surface area contributed by atoms with Crippen LogP contribution in [0.25, 0.3) is 0 Å². The first-order valence-electron chi connectivity index (χ1n) is 6.28. The largest absolute Gasteiger partial charge is 0.504 e. The van der Waals surface area contributed by atoms with E-state index in [1.54, 1.807) is 13.2 Å². The number of nitrogens with zero attached hydrogens (tertiary/aromatic N) is 1. The van der Waals surface area contributed by atoms with Crippen molar-refractivity contribution in [2.24, 2.45) is 5.92 Å². The van der Waals surface area contributed by atoms with E-state index < -0.39 is 0 Å². The number of piperidine rings is 1. The molecule has 94 valence electrons. The first-order valence-corrected chi connectivity index (χ1v) is 6.28. The van der Waals surface area contributed by atoms with Gasteiger partial charge in [-0.3, -0.25) is 4.90 Å². The van der Waals surface area contributed by atoms with Gasteiger partial charge in [0.15, 0.2) is 11.5 Å². The Morgan fingerprint density at radius 1 is 1.47 bits per heavy atom. The van der Waals surface area contributed by atoms with Gasteiger partial charge in [0.25, 0.3) is 0 Å². The van der Waals surface area contributed by atoms with Crippen LogP contribution >= 0.6 is 0 Å². The van der Waals surface area contributed by atoms with E-state index in [2.05, 4.69) is 11.8 Å². The molecule has 1 saturated heterocycles. The van der Waals surface area contributed by atoms with E-state index in [0.717, 1.165) is 31.1 Å². The number of benzene rings is 1. The molecule has 1 aliphatic rings. The predicted molar refractivity (Wildman–Crippen MR) is 68.3 cm³/mol. The molecule has 0 bridgehead atoms. The van der Waals surface area contributed by atoms with Crippen LogP contribution in [-0.4, -0.2) is 30.2 Å². The van der Waals surface area contributed by atoms with Crippen molar-refractivity contribution in [1.82, 2.24) is 4.90 Å². The number of aromatic hydroxyl groups is 1. The maximum Gasteiger partial charge on any atom is 0.162 e. The van der Waals surface area contributed by atoms with Crippen LogP contribution in [0.15, 0.2) is 18.2 Å². The number of phenols is 1. The van der Waals surface area contributed by atoms with Crippen molar-refractivity contribution in [2.75, 3.05) is 20.2 Å². The van der Waals surface area contributed by atoms with E-state index in [1.807, 2.05) is 12.1 Å². The van der Waals surface area contributed by atoms with Crippen LogP contribution in [-0.2, 0) is 6.54 Å². The number of hydrogen-bond acceptors (Lipinski definition) is 3. The van der Waals surface area contributed by atoms with Crippen molar-refractivity contribution < 1.29 is 9.84 Å². The van der Waals surface area contributed by atoms with Gasteiger partial charge in [0.2, 0.25) is 0 Å². The van der Waals surface area contributed by atoms with Crippen LogP contribution in [0, 0.1) is 5.92 Å². The molecule has 1 fully saturated rings. The lowest BCUT2D eigenvalue weighted by Gasteiger charge is -2.31. The van der Waals surface area contributed by atoms with Crippen LogP contribution in [0.2, 0.25) is 0 Å². The predicted octanol–water partition coefficient (Wildman–Crippen LogP) is 2.63. The third kappa shape index (κ3) is 2.91. The van der Waals surface area contributed by atoms with Crippen LogP contribution in [0.3, 0.4) is 0 Å². The molecule has 1 aromatic rings. The zero-order valence-electron chi connectivity index (χ0n) is 10.6. The minimum atomic E-state index is 0.285. The van der Waals surface area contributed by atoms with Crippen LogP contribution in [0.4, 0.5) is 0 Å². The maximum atomic E-state index is 10.0. The second-order valence-corrected chi connectivity index (χ2v) is 4.95. The van der Waals surface area contributed by atoms with Crippen molar-refractivity contribution in [3.63, 3.8) is 0 Å². The SMILES string of the molecule is COc1cccc(CN2CCCC(C)C2)c1O. The molecule has 1 aromatic carbocycles. The normalized spacial score (nSPS) is 21.4. The number of phenolic OH excluding ortho intramolecular Hbond substituents is 1. The molecular weight excluding hydrogens is 214 g/mol. The first kappa shape index (κ1) is 12.2. The Hall–Kier alpha value is -1.22. The van der Waals surface area contributed by atoms with Gasteiger partial charge in [0.1, 0.15) is 0 Å². The molecule has 3 nitrogen and oxygen atoms in total. The van der Waals surface area contributed by atoms with Gasteiger partial charge in [-0.2, -0.15) is 0 Å². The molecule has 1 heterocycles. The smallest absolute Gasteiger partial charge is 0.162 e. The molecule has 1 N–H and O–H groups in total. The quantitative estimate of drug-likeness (QED) is 0.874. The van der Waals surface area contributed by atoms with Crippen molar-refractivity contribution >= 4 is 0 Å².